The molecule has 0 amide bonds. The van der Waals surface area contributed by atoms with Crippen molar-refractivity contribution in [1.82, 2.24) is 4.72 Å². The fourth-order valence-corrected chi connectivity index (χ4v) is 3.91. The molecule has 1 aliphatic rings. The van der Waals surface area contributed by atoms with Crippen LogP contribution in [0.15, 0.2) is 23.1 Å². The third kappa shape index (κ3) is 3.99. The number of benzene rings is 1. The Labute approximate surface area is 123 Å². The summed E-state index contributed by atoms with van der Waals surface area (Å²) in [6, 6.07) is 2.56. The second-order valence-corrected chi connectivity index (χ2v) is 7.24. The van der Waals surface area contributed by atoms with Crippen LogP contribution in [0.4, 0.5) is 8.78 Å². The summed E-state index contributed by atoms with van der Waals surface area (Å²) < 4.78 is 52.7. The van der Waals surface area contributed by atoms with E-state index in [0.29, 0.717) is 18.5 Å². The van der Waals surface area contributed by atoms with E-state index in [4.69, 9.17) is 5.73 Å². The molecule has 1 saturated carbocycles. The van der Waals surface area contributed by atoms with Crippen molar-refractivity contribution in [3.8, 4) is 0 Å². The lowest BCUT2D eigenvalue weighted by atomic mass is 9.79. The first-order valence-electron chi connectivity index (χ1n) is 7.09. The molecule has 21 heavy (non-hydrogen) atoms. The average Bonchev–Trinajstić information content (AvgIpc) is 2.48. The number of hydrogen-bond acceptors (Lipinski definition) is 3. The third-order valence-electron chi connectivity index (χ3n) is 4.11. The SMILES string of the molecule is NCC1CCCCC1CNS(=O)(=O)c1ccc(F)c(F)c1. The molecule has 1 aromatic rings. The highest BCUT2D eigenvalue weighted by Gasteiger charge is 2.26. The van der Waals surface area contributed by atoms with Gasteiger partial charge in [-0.3, -0.25) is 0 Å². The molecule has 0 aliphatic heterocycles. The molecule has 0 bridgehead atoms. The van der Waals surface area contributed by atoms with Crippen molar-refractivity contribution < 1.29 is 17.2 Å². The van der Waals surface area contributed by atoms with Gasteiger partial charge in [-0.1, -0.05) is 12.8 Å². The van der Waals surface area contributed by atoms with Crippen LogP contribution in [0.5, 0.6) is 0 Å². The lowest BCUT2D eigenvalue weighted by molar-refractivity contribution is 0.244. The minimum absolute atomic E-state index is 0.198. The van der Waals surface area contributed by atoms with E-state index in [-0.39, 0.29) is 17.4 Å². The molecule has 2 unspecified atom stereocenters. The van der Waals surface area contributed by atoms with E-state index in [0.717, 1.165) is 37.8 Å². The predicted molar refractivity (Wildman–Crippen MR) is 76.0 cm³/mol. The maximum absolute atomic E-state index is 13.1. The number of nitrogens with one attached hydrogen (secondary N) is 1. The van der Waals surface area contributed by atoms with Gasteiger partial charge in [0.2, 0.25) is 10.0 Å². The van der Waals surface area contributed by atoms with Gasteiger partial charge in [0.25, 0.3) is 0 Å². The van der Waals surface area contributed by atoms with Crippen LogP contribution < -0.4 is 10.5 Å². The van der Waals surface area contributed by atoms with Gasteiger partial charge in [0, 0.05) is 6.54 Å². The molecule has 0 saturated heterocycles. The largest absolute Gasteiger partial charge is 0.330 e. The Morgan fingerprint density at radius 3 is 2.43 bits per heavy atom. The van der Waals surface area contributed by atoms with E-state index < -0.39 is 21.7 Å². The molecule has 2 rings (SSSR count). The Hall–Kier alpha value is -1.05. The van der Waals surface area contributed by atoms with E-state index in [1.54, 1.807) is 0 Å². The first-order valence-corrected chi connectivity index (χ1v) is 8.57. The van der Waals surface area contributed by atoms with Gasteiger partial charge in [-0.25, -0.2) is 21.9 Å². The molecule has 2 atom stereocenters. The molecule has 118 valence electrons. The van der Waals surface area contributed by atoms with Crippen molar-refractivity contribution in [2.45, 2.75) is 30.6 Å². The number of rotatable bonds is 5. The third-order valence-corrected chi connectivity index (χ3v) is 5.53. The summed E-state index contributed by atoms with van der Waals surface area (Å²) in [5.74, 6) is -1.73. The molecule has 1 aliphatic carbocycles. The van der Waals surface area contributed by atoms with Crippen LogP contribution in [0.2, 0.25) is 0 Å². The molecule has 4 nitrogen and oxygen atoms in total. The van der Waals surface area contributed by atoms with Gasteiger partial charge < -0.3 is 5.73 Å². The van der Waals surface area contributed by atoms with Crippen LogP contribution in [-0.2, 0) is 10.0 Å². The molecule has 0 heterocycles. The Morgan fingerprint density at radius 2 is 1.81 bits per heavy atom. The zero-order valence-corrected chi connectivity index (χ0v) is 12.5. The van der Waals surface area contributed by atoms with Crippen molar-refractivity contribution in [1.29, 1.82) is 0 Å². The first kappa shape index (κ1) is 16.3. The summed E-state index contributed by atoms with van der Waals surface area (Å²) in [5.41, 5.74) is 5.71. The van der Waals surface area contributed by atoms with E-state index in [9.17, 15) is 17.2 Å². The van der Waals surface area contributed by atoms with Crippen LogP contribution in [-0.4, -0.2) is 21.5 Å². The quantitative estimate of drug-likeness (QED) is 0.872. The summed E-state index contributed by atoms with van der Waals surface area (Å²) in [7, 11) is -3.83. The van der Waals surface area contributed by atoms with Crippen molar-refractivity contribution in [2.24, 2.45) is 17.6 Å². The molecule has 7 heteroatoms. The van der Waals surface area contributed by atoms with Crippen molar-refractivity contribution in [3.63, 3.8) is 0 Å². The fraction of sp³-hybridized carbons (Fsp3) is 0.571. The number of sulfonamides is 1. The molecule has 1 fully saturated rings. The fourth-order valence-electron chi connectivity index (χ4n) is 2.81. The molecule has 1 aromatic carbocycles. The molecule has 0 aromatic heterocycles. The summed E-state index contributed by atoms with van der Waals surface area (Å²) >= 11 is 0. The molecule has 0 spiro atoms. The van der Waals surface area contributed by atoms with Crippen molar-refractivity contribution in [3.05, 3.63) is 29.8 Å². The van der Waals surface area contributed by atoms with E-state index in [1.807, 2.05) is 0 Å². The number of nitrogens with two attached hydrogens (primary N) is 1. The normalized spacial score (nSPS) is 23.2. The number of hydrogen-bond donors (Lipinski definition) is 2. The van der Waals surface area contributed by atoms with Gasteiger partial charge in [0.1, 0.15) is 0 Å². The Balaban J connectivity index is 2.05. The van der Waals surface area contributed by atoms with Gasteiger partial charge in [0.15, 0.2) is 11.6 Å². The Morgan fingerprint density at radius 1 is 1.14 bits per heavy atom. The van der Waals surface area contributed by atoms with Crippen molar-refractivity contribution >= 4 is 10.0 Å². The zero-order valence-electron chi connectivity index (χ0n) is 11.7. The maximum atomic E-state index is 13.1. The lowest BCUT2D eigenvalue weighted by Gasteiger charge is -2.30. The van der Waals surface area contributed by atoms with Crippen LogP contribution in [0, 0.1) is 23.5 Å². The highest BCUT2D eigenvalue weighted by molar-refractivity contribution is 7.89. The van der Waals surface area contributed by atoms with Crippen LogP contribution in [0.1, 0.15) is 25.7 Å². The summed E-state index contributed by atoms with van der Waals surface area (Å²) in [6.45, 7) is 0.820. The standard InChI is InChI=1S/C14H20F2N2O2S/c15-13-6-5-12(7-14(13)16)21(19,20)18-9-11-4-2-1-3-10(11)8-17/h5-7,10-11,18H,1-4,8-9,17H2. The second kappa shape index (κ2) is 6.81. The number of halogens is 2. The zero-order chi connectivity index (χ0) is 15.5. The second-order valence-electron chi connectivity index (χ2n) is 5.47. The van der Waals surface area contributed by atoms with Crippen LogP contribution in [0.3, 0.4) is 0 Å². The Kier molecular flexibility index (Phi) is 5.29. The molecular weight excluding hydrogens is 298 g/mol. The van der Waals surface area contributed by atoms with Crippen LogP contribution in [0.25, 0.3) is 0 Å². The Bertz CT molecular complexity index is 593. The molecule has 3 N–H and O–H groups in total. The predicted octanol–water partition coefficient (Wildman–Crippen LogP) is 2.01. The van der Waals surface area contributed by atoms with Gasteiger partial charge in [0.05, 0.1) is 4.90 Å². The van der Waals surface area contributed by atoms with E-state index in [1.165, 1.54) is 0 Å². The minimum atomic E-state index is -3.83. The van der Waals surface area contributed by atoms with Crippen molar-refractivity contribution in [2.75, 3.05) is 13.1 Å². The van der Waals surface area contributed by atoms with Gasteiger partial charge >= 0.3 is 0 Å². The van der Waals surface area contributed by atoms with Gasteiger partial charge in [-0.05, 0) is 49.4 Å². The summed E-state index contributed by atoms with van der Waals surface area (Å²) in [6.07, 6.45) is 4.12. The minimum Gasteiger partial charge on any atom is -0.330 e. The van der Waals surface area contributed by atoms with Crippen LogP contribution >= 0.6 is 0 Å². The monoisotopic (exact) mass is 318 g/mol. The van der Waals surface area contributed by atoms with Gasteiger partial charge in [-0.2, -0.15) is 0 Å². The highest BCUT2D eigenvalue weighted by atomic mass is 32.2. The summed E-state index contributed by atoms with van der Waals surface area (Å²) in [4.78, 5) is -0.262. The average molecular weight is 318 g/mol. The van der Waals surface area contributed by atoms with E-state index >= 15 is 0 Å². The highest BCUT2D eigenvalue weighted by Crippen LogP contribution is 2.29. The van der Waals surface area contributed by atoms with Gasteiger partial charge in [-0.15, -0.1) is 0 Å². The summed E-state index contributed by atoms with van der Waals surface area (Å²) in [5, 5.41) is 0. The van der Waals surface area contributed by atoms with E-state index in [2.05, 4.69) is 4.72 Å². The maximum Gasteiger partial charge on any atom is 0.240 e. The lowest BCUT2D eigenvalue weighted by Crippen LogP contribution is -2.36. The first-order chi connectivity index (χ1) is 9.94. The molecule has 0 radical (unpaired) electrons. The smallest absolute Gasteiger partial charge is 0.240 e. The molecular formula is C14H20F2N2O2S. The topological polar surface area (TPSA) is 72.2 Å².